The summed E-state index contributed by atoms with van der Waals surface area (Å²) in [5, 5.41) is 9.09. The van der Waals surface area contributed by atoms with Crippen LogP contribution in [0.15, 0.2) is 24.3 Å². The van der Waals surface area contributed by atoms with Crippen molar-refractivity contribution in [2.24, 2.45) is 11.8 Å². The number of para-hydroxylation sites is 1. The van der Waals surface area contributed by atoms with Crippen molar-refractivity contribution in [2.75, 3.05) is 20.2 Å². The molecule has 6 nitrogen and oxygen atoms in total. The van der Waals surface area contributed by atoms with Crippen LogP contribution in [-0.2, 0) is 20.9 Å². The van der Waals surface area contributed by atoms with Crippen LogP contribution in [0.25, 0.3) is 0 Å². The van der Waals surface area contributed by atoms with Crippen molar-refractivity contribution in [3.8, 4) is 5.75 Å². The fourth-order valence-corrected chi connectivity index (χ4v) is 4.12. The molecule has 1 heterocycles. The van der Waals surface area contributed by atoms with Crippen molar-refractivity contribution in [3.05, 3.63) is 29.8 Å². The van der Waals surface area contributed by atoms with Crippen LogP contribution in [0.5, 0.6) is 5.75 Å². The van der Waals surface area contributed by atoms with E-state index in [9.17, 15) is 9.59 Å². The molecule has 1 aliphatic carbocycles. The lowest BCUT2D eigenvalue weighted by molar-refractivity contribution is -0.146. The minimum atomic E-state index is -0.728. The van der Waals surface area contributed by atoms with Gasteiger partial charge >= 0.3 is 5.97 Å². The summed E-state index contributed by atoms with van der Waals surface area (Å²) in [4.78, 5) is 25.7. The molecule has 2 aliphatic rings. The number of benzene rings is 1. The van der Waals surface area contributed by atoms with Crippen LogP contribution in [0.3, 0.4) is 0 Å². The third-order valence-corrected chi connectivity index (χ3v) is 5.85. The first kappa shape index (κ1) is 19.7. The van der Waals surface area contributed by atoms with E-state index in [4.69, 9.17) is 14.6 Å². The van der Waals surface area contributed by atoms with Gasteiger partial charge in [0.2, 0.25) is 5.91 Å². The normalized spacial score (nSPS) is 23.8. The number of carboxylic acids is 1. The Morgan fingerprint density at radius 2 is 1.67 bits per heavy atom. The largest absolute Gasteiger partial charge is 0.496 e. The summed E-state index contributed by atoms with van der Waals surface area (Å²) in [6, 6.07) is 7.85. The number of rotatable bonds is 6. The minimum Gasteiger partial charge on any atom is -0.496 e. The maximum atomic E-state index is 12.7. The number of piperidine rings is 1. The summed E-state index contributed by atoms with van der Waals surface area (Å²) in [6.07, 6.45) is 4.45. The molecule has 0 unspecified atom stereocenters. The molecular weight excluding hydrogens is 346 g/mol. The smallest absolute Gasteiger partial charge is 0.306 e. The second kappa shape index (κ2) is 9.22. The van der Waals surface area contributed by atoms with Crippen molar-refractivity contribution >= 4 is 11.9 Å². The maximum absolute atomic E-state index is 12.7. The molecule has 0 bridgehead atoms. The molecule has 1 amide bonds. The highest BCUT2D eigenvalue weighted by atomic mass is 16.5. The highest BCUT2D eigenvalue weighted by Gasteiger charge is 2.33. The van der Waals surface area contributed by atoms with E-state index in [-0.39, 0.29) is 23.8 Å². The SMILES string of the molecule is COc1ccccc1COC1CCN(C(=O)C2CCC(C(=O)O)CC2)CC1. The molecule has 0 atom stereocenters. The number of aliphatic carboxylic acids is 1. The van der Waals surface area contributed by atoms with Gasteiger partial charge in [0.15, 0.2) is 0 Å². The molecule has 0 aromatic heterocycles. The summed E-state index contributed by atoms with van der Waals surface area (Å²) in [5.41, 5.74) is 1.04. The number of carbonyl (C=O) groups excluding carboxylic acids is 1. The molecule has 1 saturated heterocycles. The number of nitrogens with zero attached hydrogens (tertiary/aromatic N) is 1. The number of carboxylic acid groups (broad SMARTS) is 1. The fourth-order valence-electron chi connectivity index (χ4n) is 4.12. The lowest BCUT2D eigenvalue weighted by Crippen LogP contribution is -2.44. The molecule has 1 aliphatic heterocycles. The Hall–Kier alpha value is -2.08. The van der Waals surface area contributed by atoms with E-state index in [0.29, 0.717) is 45.4 Å². The lowest BCUT2D eigenvalue weighted by Gasteiger charge is -2.35. The Morgan fingerprint density at radius 3 is 2.30 bits per heavy atom. The van der Waals surface area contributed by atoms with Gasteiger partial charge < -0.3 is 19.5 Å². The summed E-state index contributed by atoms with van der Waals surface area (Å²) in [6.45, 7) is 1.95. The molecule has 3 rings (SSSR count). The highest BCUT2D eigenvalue weighted by Crippen LogP contribution is 2.31. The monoisotopic (exact) mass is 375 g/mol. The van der Waals surface area contributed by atoms with Gasteiger partial charge in [-0.05, 0) is 44.6 Å². The number of hydrogen-bond donors (Lipinski definition) is 1. The van der Waals surface area contributed by atoms with Crippen molar-refractivity contribution in [1.29, 1.82) is 0 Å². The molecule has 1 aromatic carbocycles. The molecule has 0 spiro atoms. The van der Waals surface area contributed by atoms with Crippen molar-refractivity contribution in [3.63, 3.8) is 0 Å². The molecular formula is C21H29NO5. The van der Waals surface area contributed by atoms with E-state index >= 15 is 0 Å². The molecule has 1 aromatic rings. The molecule has 1 N–H and O–H groups in total. The van der Waals surface area contributed by atoms with Gasteiger partial charge in [-0.15, -0.1) is 0 Å². The zero-order valence-electron chi connectivity index (χ0n) is 15.9. The number of carbonyl (C=O) groups is 2. The standard InChI is InChI=1S/C21H29NO5/c1-26-19-5-3-2-4-17(19)14-27-18-10-12-22(13-11-18)20(23)15-6-8-16(9-7-15)21(24)25/h2-5,15-16,18H,6-14H2,1H3,(H,24,25). The van der Waals surface area contributed by atoms with Crippen LogP contribution in [0, 0.1) is 11.8 Å². The number of methoxy groups -OCH3 is 1. The summed E-state index contributed by atoms with van der Waals surface area (Å²) < 4.78 is 11.4. The zero-order chi connectivity index (χ0) is 19.2. The first-order valence-corrected chi connectivity index (χ1v) is 9.83. The van der Waals surface area contributed by atoms with Crippen LogP contribution in [0.4, 0.5) is 0 Å². The van der Waals surface area contributed by atoms with Gasteiger partial charge in [-0.3, -0.25) is 9.59 Å². The van der Waals surface area contributed by atoms with Crippen LogP contribution < -0.4 is 4.74 Å². The van der Waals surface area contributed by atoms with E-state index in [1.807, 2.05) is 29.2 Å². The van der Waals surface area contributed by atoms with Gasteiger partial charge in [-0.2, -0.15) is 0 Å². The molecule has 2 fully saturated rings. The number of amides is 1. The Labute approximate surface area is 160 Å². The zero-order valence-corrected chi connectivity index (χ0v) is 15.9. The minimum absolute atomic E-state index is 0.00773. The quantitative estimate of drug-likeness (QED) is 0.827. The average Bonchev–Trinajstić information content (AvgIpc) is 2.72. The van der Waals surface area contributed by atoms with Gasteiger partial charge in [-0.1, -0.05) is 18.2 Å². The average molecular weight is 375 g/mol. The van der Waals surface area contributed by atoms with Gasteiger partial charge in [0.25, 0.3) is 0 Å². The van der Waals surface area contributed by atoms with Gasteiger partial charge in [0.05, 0.1) is 25.7 Å². The Kier molecular flexibility index (Phi) is 6.72. The lowest BCUT2D eigenvalue weighted by atomic mass is 9.81. The van der Waals surface area contributed by atoms with E-state index in [2.05, 4.69) is 0 Å². The van der Waals surface area contributed by atoms with Crippen LogP contribution in [0.1, 0.15) is 44.1 Å². The van der Waals surface area contributed by atoms with Crippen LogP contribution in [0.2, 0.25) is 0 Å². The number of ether oxygens (including phenoxy) is 2. The highest BCUT2D eigenvalue weighted by molar-refractivity contribution is 5.79. The van der Waals surface area contributed by atoms with E-state index in [0.717, 1.165) is 24.2 Å². The first-order chi connectivity index (χ1) is 13.1. The van der Waals surface area contributed by atoms with E-state index < -0.39 is 5.97 Å². The van der Waals surface area contributed by atoms with E-state index in [1.165, 1.54) is 0 Å². The molecule has 1 saturated carbocycles. The summed E-state index contributed by atoms with van der Waals surface area (Å²) in [5.74, 6) is 0.0211. The third kappa shape index (κ3) is 5.01. The first-order valence-electron chi connectivity index (χ1n) is 9.83. The predicted octanol–water partition coefficient (Wildman–Crippen LogP) is 3.09. The second-order valence-electron chi connectivity index (χ2n) is 7.53. The van der Waals surface area contributed by atoms with Crippen molar-refractivity contribution in [2.45, 2.75) is 51.2 Å². The summed E-state index contributed by atoms with van der Waals surface area (Å²) in [7, 11) is 1.66. The Balaban J connectivity index is 1.42. The van der Waals surface area contributed by atoms with Gasteiger partial charge in [-0.25, -0.2) is 0 Å². The molecule has 6 heteroatoms. The molecule has 148 valence electrons. The fraction of sp³-hybridized carbons (Fsp3) is 0.619. The van der Waals surface area contributed by atoms with Gasteiger partial charge in [0.1, 0.15) is 5.75 Å². The topological polar surface area (TPSA) is 76.1 Å². The van der Waals surface area contributed by atoms with Gasteiger partial charge in [0, 0.05) is 24.6 Å². The molecule has 27 heavy (non-hydrogen) atoms. The van der Waals surface area contributed by atoms with Crippen molar-refractivity contribution < 1.29 is 24.2 Å². The van der Waals surface area contributed by atoms with Crippen molar-refractivity contribution in [1.82, 2.24) is 4.90 Å². The predicted molar refractivity (Wildman–Crippen MR) is 100 cm³/mol. The molecule has 0 radical (unpaired) electrons. The maximum Gasteiger partial charge on any atom is 0.306 e. The van der Waals surface area contributed by atoms with Crippen LogP contribution in [-0.4, -0.2) is 48.2 Å². The Morgan fingerprint density at radius 1 is 1.04 bits per heavy atom. The third-order valence-electron chi connectivity index (χ3n) is 5.85. The van der Waals surface area contributed by atoms with E-state index in [1.54, 1.807) is 7.11 Å². The Bertz CT molecular complexity index is 646. The second-order valence-corrected chi connectivity index (χ2v) is 7.53. The van der Waals surface area contributed by atoms with Crippen LogP contribution >= 0.6 is 0 Å². The number of likely N-dealkylation sites (tertiary alicyclic amines) is 1. The number of hydrogen-bond acceptors (Lipinski definition) is 4. The summed E-state index contributed by atoms with van der Waals surface area (Å²) >= 11 is 0.